The molecular weight excluding hydrogens is 170 g/mol. The Labute approximate surface area is 81.1 Å². The van der Waals surface area contributed by atoms with Gasteiger partial charge in [-0.15, -0.1) is 0 Å². The maximum atomic E-state index is 9.75. The van der Waals surface area contributed by atoms with Crippen LogP contribution in [0, 0.1) is 0 Å². The Hall–Kier alpha value is 0.342. The van der Waals surface area contributed by atoms with Gasteiger partial charge in [0.05, 0.1) is 0 Å². The van der Waals surface area contributed by atoms with E-state index < -0.39 is 7.25 Å². The van der Waals surface area contributed by atoms with Crippen LogP contribution in [0.3, 0.4) is 0 Å². The summed E-state index contributed by atoms with van der Waals surface area (Å²) in [6.45, 7) is 2.00. The second-order valence-corrected chi connectivity index (χ2v) is 2.17. The first-order valence-corrected chi connectivity index (χ1v) is 3.45. The van der Waals surface area contributed by atoms with E-state index in [-0.39, 0.29) is 18.9 Å². The Kier molecular flexibility index (Phi) is 9.85. The maximum absolute atomic E-state index is 9.75. The third-order valence-electron chi connectivity index (χ3n) is 1.08. The molecule has 0 unspecified atom stereocenters. The van der Waals surface area contributed by atoms with E-state index in [2.05, 4.69) is 0 Å². The molecule has 1 rings (SSSR count). The normalized spacial score (nSPS) is 17.0. The molecule has 0 spiro atoms. The number of halogens is 4. The fourth-order valence-corrected chi connectivity index (χ4v) is 0.687. The van der Waals surface area contributed by atoms with E-state index in [1.165, 1.54) is 19.3 Å². The molecule has 12 heavy (non-hydrogen) atoms. The predicted molar refractivity (Wildman–Crippen MR) is 34.9 cm³/mol. The third kappa shape index (κ3) is 22.4. The van der Waals surface area contributed by atoms with Gasteiger partial charge in [-0.05, 0) is 19.3 Å². The standard InChI is InChI=1S/C5H10O.BF4.Li/c1-2-4-6-5-3-1;2-1(3,4)5;/h1-5H2;;/q;-1;+1. The first-order valence-electron chi connectivity index (χ1n) is 3.45. The molecule has 1 fully saturated rings. The van der Waals surface area contributed by atoms with E-state index in [0.717, 1.165) is 13.2 Å². The van der Waals surface area contributed by atoms with Gasteiger partial charge in [-0.1, -0.05) is 0 Å². The minimum Gasteiger partial charge on any atom is -0.418 e. The van der Waals surface area contributed by atoms with Crippen molar-refractivity contribution >= 4 is 7.25 Å². The smallest absolute Gasteiger partial charge is 0.418 e. The monoisotopic (exact) mass is 180 g/mol. The second-order valence-electron chi connectivity index (χ2n) is 2.17. The maximum Gasteiger partial charge on any atom is 1.00 e. The Balaban J connectivity index is 0. The van der Waals surface area contributed by atoms with Crippen LogP contribution in [0.2, 0.25) is 0 Å². The molecule has 68 valence electrons. The molecule has 0 saturated carbocycles. The van der Waals surface area contributed by atoms with Crippen LogP contribution in [0.15, 0.2) is 0 Å². The molecule has 1 nitrogen and oxygen atoms in total. The van der Waals surface area contributed by atoms with Gasteiger partial charge < -0.3 is 22.0 Å². The van der Waals surface area contributed by atoms with Crippen molar-refractivity contribution in [3.8, 4) is 0 Å². The molecule has 0 amide bonds. The fraction of sp³-hybridized carbons (Fsp3) is 1.00. The Morgan fingerprint density at radius 3 is 1.25 bits per heavy atom. The molecule has 1 aliphatic rings. The second kappa shape index (κ2) is 7.96. The van der Waals surface area contributed by atoms with E-state index in [1.807, 2.05) is 0 Å². The summed E-state index contributed by atoms with van der Waals surface area (Å²) in [5, 5.41) is 0. The molecule has 0 bridgehead atoms. The van der Waals surface area contributed by atoms with E-state index in [1.54, 1.807) is 0 Å². The Morgan fingerprint density at radius 1 is 0.833 bits per heavy atom. The fourth-order valence-electron chi connectivity index (χ4n) is 0.687. The molecule has 1 saturated heterocycles. The summed E-state index contributed by atoms with van der Waals surface area (Å²) < 4.78 is 44.1. The molecule has 0 aromatic heterocycles. The molecule has 1 heterocycles. The number of hydrogen-bond acceptors (Lipinski definition) is 1. The molecular formula is C5H10BF4LiO. The molecule has 0 aromatic carbocycles. The topological polar surface area (TPSA) is 9.23 Å². The number of hydrogen-bond donors (Lipinski definition) is 0. The van der Waals surface area contributed by atoms with E-state index in [9.17, 15) is 17.3 Å². The van der Waals surface area contributed by atoms with Crippen molar-refractivity contribution in [3.63, 3.8) is 0 Å². The molecule has 0 atom stereocenters. The van der Waals surface area contributed by atoms with Crippen LogP contribution >= 0.6 is 0 Å². The van der Waals surface area contributed by atoms with Gasteiger partial charge in [0.2, 0.25) is 0 Å². The van der Waals surface area contributed by atoms with Gasteiger partial charge in [-0.25, -0.2) is 0 Å². The predicted octanol–water partition coefficient (Wildman–Crippen LogP) is -0.509. The van der Waals surface area contributed by atoms with Crippen LogP contribution in [-0.4, -0.2) is 20.5 Å². The van der Waals surface area contributed by atoms with E-state index in [4.69, 9.17) is 4.74 Å². The van der Waals surface area contributed by atoms with Crippen molar-refractivity contribution < 1.29 is 40.9 Å². The minimum absolute atomic E-state index is 0. The van der Waals surface area contributed by atoms with Crippen LogP contribution in [0.5, 0.6) is 0 Å². The number of rotatable bonds is 0. The van der Waals surface area contributed by atoms with Gasteiger partial charge in [0.25, 0.3) is 0 Å². The molecule has 0 radical (unpaired) electrons. The van der Waals surface area contributed by atoms with Crippen LogP contribution in [0.1, 0.15) is 19.3 Å². The first kappa shape index (κ1) is 14.8. The average Bonchev–Trinajstić information content (AvgIpc) is 1.88. The summed E-state index contributed by atoms with van der Waals surface area (Å²) >= 11 is 0. The van der Waals surface area contributed by atoms with Crippen molar-refractivity contribution in [2.24, 2.45) is 0 Å². The van der Waals surface area contributed by atoms with Crippen molar-refractivity contribution in [1.29, 1.82) is 0 Å². The van der Waals surface area contributed by atoms with Gasteiger partial charge in [0, 0.05) is 13.2 Å². The molecule has 0 aromatic rings. The first-order chi connectivity index (χ1) is 5.00. The minimum atomic E-state index is -6.00. The SMILES string of the molecule is C1CCOCC1.F[B-](F)(F)F.[Li+]. The van der Waals surface area contributed by atoms with Crippen molar-refractivity contribution in [3.05, 3.63) is 0 Å². The summed E-state index contributed by atoms with van der Waals surface area (Å²) in [5.74, 6) is 0. The van der Waals surface area contributed by atoms with Gasteiger partial charge in [-0.3, -0.25) is 0 Å². The zero-order valence-electron chi connectivity index (χ0n) is 7.03. The summed E-state index contributed by atoms with van der Waals surface area (Å²) in [5.41, 5.74) is 0. The largest absolute Gasteiger partial charge is 1.00 e. The zero-order valence-corrected chi connectivity index (χ0v) is 7.03. The Bertz CT molecular complexity index is 78.4. The van der Waals surface area contributed by atoms with Crippen molar-refractivity contribution in [2.75, 3.05) is 13.2 Å². The van der Waals surface area contributed by atoms with Crippen molar-refractivity contribution in [1.82, 2.24) is 0 Å². The van der Waals surface area contributed by atoms with Gasteiger partial charge in [0.1, 0.15) is 0 Å². The zero-order chi connectivity index (χ0) is 8.74. The van der Waals surface area contributed by atoms with E-state index >= 15 is 0 Å². The molecule has 1 aliphatic heterocycles. The average molecular weight is 180 g/mol. The van der Waals surface area contributed by atoms with E-state index in [0.29, 0.717) is 0 Å². The Morgan fingerprint density at radius 2 is 1.17 bits per heavy atom. The molecule has 0 aliphatic carbocycles. The van der Waals surface area contributed by atoms with Gasteiger partial charge in [0.15, 0.2) is 0 Å². The number of ether oxygens (including phenoxy) is 1. The van der Waals surface area contributed by atoms with Crippen LogP contribution < -0.4 is 18.9 Å². The summed E-state index contributed by atoms with van der Waals surface area (Å²) in [6.07, 6.45) is 3.93. The third-order valence-corrected chi connectivity index (χ3v) is 1.08. The van der Waals surface area contributed by atoms with Crippen LogP contribution in [0.4, 0.5) is 17.3 Å². The van der Waals surface area contributed by atoms with Gasteiger partial charge in [-0.2, -0.15) is 0 Å². The summed E-state index contributed by atoms with van der Waals surface area (Å²) in [6, 6.07) is 0. The molecule has 0 N–H and O–H groups in total. The van der Waals surface area contributed by atoms with Crippen molar-refractivity contribution in [2.45, 2.75) is 19.3 Å². The quantitative estimate of drug-likeness (QED) is 0.360. The molecule has 7 heteroatoms. The van der Waals surface area contributed by atoms with Crippen LogP contribution in [-0.2, 0) is 4.74 Å². The summed E-state index contributed by atoms with van der Waals surface area (Å²) in [4.78, 5) is 0. The van der Waals surface area contributed by atoms with Crippen LogP contribution in [0.25, 0.3) is 0 Å². The summed E-state index contributed by atoms with van der Waals surface area (Å²) in [7, 11) is -6.00. The van der Waals surface area contributed by atoms with Gasteiger partial charge >= 0.3 is 26.1 Å².